The Labute approximate surface area is 241 Å². The van der Waals surface area contributed by atoms with Gasteiger partial charge in [-0.2, -0.15) is 0 Å². The first-order chi connectivity index (χ1) is 19.2. The monoisotopic (exact) mass is 569 g/mol. The van der Waals surface area contributed by atoms with Crippen LogP contribution in [0.3, 0.4) is 0 Å². The lowest BCUT2D eigenvalue weighted by atomic mass is 9.92. The van der Waals surface area contributed by atoms with Gasteiger partial charge in [0.05, 0.1) is 11.3 Å². The molecular formula is C31H41F2N5O3. The van der Waals surface area contributed by atoms with Crippen LogP contribution in [0, 0.1) is 12.3 Å². The molecule has 1 aromatic carbocycles. The molecule has 41 heavy (non-hydrogen) atoms. The van der Waals surface area contributed by atoms with Crippen molar-refractivity contribution < 1.29 is 23.1 Å². The molecule has 222 valence electrons. The second-order valence-corrected chi connectivity index (χ2v) is 12.9. The third-order valence-electron chi connectivity index (χ3n) is 8.44. The average molecular weight is 570 g/mol. The first-order valence-corrected chi connectivity index (χ1v) is 14.5. The number of anilines is 4. The van der Waals surface area contributed by atoms with Gasteiger partial charge in [-0.1, -0.05) is 6.07 Å². The number of carbonyl (C=O) groups excluding carboxylic acids is 2. The van der Waals surface area contributed by atoms with Gasteiger partial charge in [-0.05, 0) is 88.6 Å². The van der Waals surface area contributed by atoms with Gasteiger partial charge in [-0.3, -0.25) is 9.69 Å². The van der Waals surface area contributed by atoms with E-state index in [9.17, 15) is 18.4 Å². The highest BCUT2D eigenvalue weighted by molar-refractivity contribution is 6.08. The predicted octanol–water partition coefficient (Wildman–Crippen LogP) is 6.63. The van der Waals surface area contributed by atoms with Gasteiger partial charge < -0.3 is 19.9 Å². The summed E-state index contributed by atoms with van der Waals surface area (Å²) in [6.07, 6.45) is 3.70. The lowest BCUT2D eigenvalue weighted by Gasteiger charge is -2.35. The molecule has 2 saturated heterocycles. The number of ether oxygens (including phenoxy) is 1. The maximum Gasteiger partial charge on any atom is 0.414 e. The molecular weight excluding hydrogens is 528 g/mol. The standard InChI is InChI=1S/C31H41F2N5O3/c1-21-6-7-22(24(20-21)37-16-12-30(10-11-30)13-17-37)27(39)35-25-9-8-23(36(5)28(40)41-29(2,3)4)26(34-25)38-18-14-31(32,33)15-19-38/h6-9,20H,10-19H2,1-5H3,(H,34,35,39). The largest absolute Gasteiger partial charge is 0.443 e. The number of amides is 2. The molecule has 10 heteroatoms. The molecule has 0 unspecified atom stereocenters. The van der Waals surface area contributed by atoms with Crippen LogP contribution in [0.5, 0.6) is 0 Å². The van der Waals surface area contributed by atoms with Crippen LogP contribution in [-0.4, -0.2) is 61.7 Å². The molecule has 3 heterocycles. The van der Waals surface area contributed by atoms with Crippen LogP contribution >= 0.6 is 0 Å². The topological polar surface area (TPSA) is 78.0 Å². The first-order valence-electron chi connectivity index (χ1n) is 14.5. The average Bonchev–Trinajstić information content (AvgIpc) is 3.66. The summed E-state index contributed by atoms with van der Waals surface area (Å²) in [6.45, 7) is 9.35. The molecule has 2 aliphatic heterocycles. The summed E-state index contributed by atoms with van der Waals surface area (Å²) in [7, 11) is 1.56. The van der Waals surface area contributed by atoms with Gasteiger partial charge in [0.2, 0.25) is 0 Å². The summed E-state index contributed by atoms with van der Waals surface area (Å²) in [6, 6.07) is 9.13. The van der Waals surface area contributed by atoms with Crippen molar-refractivity contribution in [2.75, 3.05) is 53.2 Å². The molecule has 0 radical (unpaired) electrons. The van der Waals surface area contributed by atoms with E-state index in [0.29, 0.717) is 22.5 Å². The zero-order chi connectivity index (χ0) is 29.6. The first kappa shape index (κ1) is 29.1. The van der Waals surface area contributed by atoms with Crippen LogP contribution in [0.1, 0.15) is 75.2 Å². The minimum Gasteiger partial charge on any atom is -0.443 e. The van der Waals surface area contributed by atoms with Gasteiger partial charge in [0.15, 0.2) is 5.82 Å². The van der Waals surface area contributed by atoms with Crippen molar-refractivity contribution in [3.63, 3.8) is 0 Å². The summed E-state index contributed by atoms with van der Waals surface area (Å²) < 4.78 is 33.5. The Hall–Kier alpha value is -3.43. The molecule has 1 spiro atoms. The number of benzene rings is 1. The number of alkyl halides is 2. The van der Waals surface area contributed by atoms with E-state index < -0.39 is 17.6 Å². The number of rotatable bonds is 5. The third kappa shape index (κ3) is 6.73. The fourth-order valence-corrected chi connectivity index (χ4v) is 5.66. The van der Waals surface area contributed by atoms with E-state index in [1.54, 1.807) is 44.9 Å². The Kier molecular flexibility index (Phi) is 7.63. The number of hydrogen-bond donors (Lipinski definition) is 1. The molecule has 3 fully saturated rings. The summed E-state index contributed by atoms with van der Waals surface area (Å²) in [5, 5.41) is 2.93. The number of nitrogens with zero attached hydrogens (tertiary/aromatic N) is 4. The second-order valence-electron chi connectivity index (χ2n) is 12.9. The van der Waals surface area contributed by atoms with Crippen molar-refractivity contribution in [3.8, 4) is 0 Å². The Morgan fingerprint density at radius 1 is 0.951 bits per heavy atom. The number of halogens is 2. The summed E-state index contributed by atoms with van der Waals surface area (Å²) in [5.74, 6) is -2.40. The normalized spacial score (nSPS) is 19.6. The summed E-state index contributed by atoms with van der Waals surface area (Å²) in [4.78, 5) is 36.5. The van der Waals surface area contributed by atoms with Crippen molar-refractivity contribution in [1.82, 2.24) is 4.98 Å². The molecule has 2 aromatic rings. The number of nitrogens with one attached hydrogen (secondary N) is 1. The van der Waals surface area contributed by atoms with Gasteiger partial charge >= 0.3 is 6.09 Å². The molecule has 0 bridgehead atoms. The van der Waals surface area contributed by atoms with Gasteiger partial charge in [0, 0.05) is 51.8 Å². The van der Waals surface area contributed by atoms with Crippen LogP contribution < -0.4 is 20.0 Å². The molecule has 8 nitrogen and oxygen atoms in total. The van der Waals surface area contributed by atoms with E-state index in [4.69, 9.17) is 4.74 Å². The van der Waals surface area contributed by atoms with Crippen molar-refractivity contribution in [3.05, 3.63) is 41.5 Å². The van der Waals surface area contributed by atoms with Crippen LogP contribution in [0.2, 0.25) is 0 Å². The maximum atomic E-state index is 14.0. The maximum absolute atomic E-state index is 14.0. The van der Waals surface area contributed by atoms with Crippen LogP contribution in [0.4, 0.5) is 36.6 Å². The smallest absolute Gasteiger partial charge is 0.414 e. The van der Waals surface area contributed by atoms with Crippen LogP contribution in [-0.2, 0) is 4.74 Å². The zero-order valence-corrected chi connectivity index (χ0v) is 24.7. The number of aryl methyl sites for hydroxylation is 1. The van der Waals surface area contributed by atoms with Crippen LogP contribution in [0.15, 0.2) is 30.3 Å². The number of hydrogen-bond acceptors (Lipinski definition) is 6. The fraction of sp³-hybridized carbons (Fsp3) is 0.581. The second kappa shape index (κ2) is 10.8. The zero-order valence-electron chi connectivity index (χ0n) is 24.7. The van der Waals surface area contributed by atoms with Crippen molar-refractivity contribution in [2.45, 2.75) is 77.7 Å². The molecule has 0 atom stereocenters. The Morgan fingerprint density at radius 3 is 2.20 bits per heavy atom. The molecule has 2 amide bonds. The fourth-order valence-electron chi connectivity index (χ4n) is 5.66. The summed E-state index contributed by atoms with van der Waals surface area (Å²) >= 11 is 0. The number of aromatic nitrogens is 1. The van der Waals surface area contributed by atoms with Crippen molar-refractivity contribution in [1.29, 1.82) is 0 Å². The van der Waals surface area contributed by atoms with E-state index in [-0.39, 0.29) is 37.7 Å². The highest BCUT2D eigenvalue weighted by Crippen LogP contribution is 2.54. The number of carbonyl (C=O) groups is 2. The van der Waals surface area contributed by atoms with Crippen molar-refractivity contribution in [2.24, 2.45) is 5.41 Å². The lowest BCUT2D eigenvalue weighted by Crippen LogP contribution is -2.41. The molecule has 3 aliphatic rings. The predicted molar refractivity (Wildman–Crippen MR) is 158 cm³/mol. The highest BCUT2D eigenvalue weighted by Gasteiger charge is 2.44. The molecule has 1 aromatic heterocycles. The molecule has 1 N–H and O–H groups in total. The molecule has 1 saturated carbocycles. The number of piperidine rings is 2. The number of pyridine rings is 1. The minimum absolute atomic E-state index is 0.0745. The van der Waals surface area contributed by atoms with Gasteiger partial charge in [0.25, 0.3) is 11.8 Å². The summed E-state index contributed by atoms with van der Waals surface area (Å²) in [5.41, 5.74) is 2.80. The molecule has 5 rings (SSSR count). The van der Waals surface area contributed by atoms with E-state index in [2.05, 4.69) is 21.3 Å². The van der Waals surface area contributed by atoms with Crippen LogP contribution in [0.25, 0.3) is 0 Å². The van der Waals surface area contributed by atoms with Gasteiger partial charge in [0.1, 0.15) is 11.4 Å². The Bertz CT molecular complexity index is 1300. The Morgan fingerprint density at radius 2 is 1.59 bits per heavy atom. The van der Waals surface area contributed by atoms with E-state index in [0.717, 1.165) is 37.2 Å². The quantitative estimate of drug-likeness (QED) is 0.436. The SMILES string of the molecule is Cc1ccc(C(=O)Nc2ccc(N(C)C(=O)OC(C)(C)C)c(N3CCC(F)(F)CC3)n2)c(N2CCC3(CC2)CC3)c1. The minimum atomic E-state index is -2.74. The third-order valence-corrected chi connectivity index (χ3v) is 8.44. The van der Waals surface area contributed by atoms with E-state index in [1.807, 2.05) is 19.1 Å². The molecule has 1 aliphatic carbocycles. The van der Waals surface area contributed by atoms with Gasteiger partial charge in [-0.15, -0.1) is 0 Å². The van der Waals surface area contributed by atoms with E-state index in [1.165, 1.54) is 17.7 Å². The Balaban J connectivity index is 1.40. The van der Waals surface area contributed by atoms with Gasteiger partial charge in [-0.25, -0.2) is 18.6 Å². The highest BCUT2D eigenvalue weighted by atomic mass is 19.3. The lowest BCUT2D eigenvalue weighted by molar-refractivity contribution is -0.0221. The van der Waals surface area contributed by atoms with E-state index >= 15 is 0 Å². The van der Waals surface area contributed by atoms with Crippen molar-refractivity contribution >= 4 is 35.0 Å².